The average Bonchev–Trinajstić information content (AvgIpc) is 3.44. The summed E-state index contributed by atoms with van der Waals surface area (Å²) < 4.78 is 10.8. The molecule has 0 saturated carbocycles. The summed E-state index contributed by atoms with van der Waals surface area (Å²) in [5.41, 5.74) is 1.98. The van der Waals surface area contributed by atoms with Crippen LogP contribution in [0.4, 0.5) is 10.8 Å². The number of anilines is 2. The fourth-order valence-corrected chi connectivity index (χ4v) is 4.22. The van der Waals surface area contributed by atoms with E-state index < -0.39 is 0 Å². The second-order valence-electron chi connectivity index (χ2n) is 6.87. The molecule has 0 saturated heterocycles. The average molecular weight is 434 g/mol. The van der Waals surface area contributed by atoms with Crippen LogP contribution < -0.4 is 15.4 Å². The van der Waals surface area contributed by atoms with Crippen molar-refractivity contribution >= 4 is 28.1 Å². The first-order chi connectivity index (χ1) is 15.1. The van der Waals surface area contributed by atoms with Crippen LogP contribution in [0, 0.1) is 6.92 Å². The fraction of sp³-hybridized carbons (Fsp3) is 0.167. The van der Waals surface area contributed by atoms with Crippen molar-refractivity contribution in [3.63, 3.8) is 0 Å². The first-order valence-electron chi connectivity index (χ1n) is 9.99. The van der Waals surface area contributed by atoms with Gasteiger partial charge in [0.1, 0.15) is 16.6 Å². The molecule has 0 aliphatic rings. The van der Waals surface area contributed by atoms with Crippen LogP contribution in [0.1, 0.15) is 39.5 Å². The third kappa shape index (κ3) is 4.95. The Morgan fingerprint density at radius 3 is 2.68 bits per heavy atom. The molecule has 4 aromatic rings. The summed E-state index contributed by atoms with van der Waals surface area (Å²) >= 11 is 1.53. The Morgan fingerprint density at radius 1 is 1.16 bits per heavy atom. The maximum Gasteiger partial charge on any atom is 0.291 e. The van der Waals surface area contributed by atoms with E-state index in [0.29, 0.717) is 6.61 Å². The smallest absolute Gasteiger partial charge is 0.291 e. The molecule has 7 heteroatoms. The molecule has 0 spiro atoms. The number of furan rings is 1. The zero-order chi connectivity index (χ0) is 21.6. The number of aromatic nitrogens is 1. The molecule has 3 heterocycles. The molecular weight excluding hydrogens is 410 g/mol. The highest BCUT2D eigenvalue weighted by molar-refractivity contribution is 7.16. The Kier molecular flexibility index (Phi) is 6.33. The van der Waals surface area contributed by atoms with Gasteiger partial charge in [0.25, 0.3) is 5.91 Å². The maximum atomic E-state index is 12.6. The van der Waals surface area contributed by atoms with Gasteiger partial charge in [0.05, 0.1) is 18.9 Å². The quantitative estimate of drug-likeness (QED) is 0.362. The first-order valence-corrected chi connectivity index (χ1v) is 10.8. The van der Waals surface area contributed by atoms with E-state index in [1.54, 1.807) is 18.3 Å². The molecule has 31 heavy (non-hydrogen) atoms. The van der Waals surface area contributed by atoms with E-state index in [9.17, 15) is 4.79 Å². The van der Waals surface area contributed by atoms with Crippen molar-refractivity contribution < 1.29 is 13.9 Å². The Hall–Kier alpha value is -3.58. The molecule has 2 N–H and O–H groups in total. The number of pyridine rings is 1. The van der Waals surface area contributed by atoms with Crippen LogP contribution in [0.3, 0.4) is 0 Å². The highest BCUT2D eigenvalue weighted by Gasteiger charge is 2.23. The highest BCUT2D eigenvalue weighted by atomic mass is 32.1. The predicted molar refractivity (Wildman–Crippen MR) is 123 cm³/mol. The number of nitrogens with zero attached hydrogens (tertiary/aromatic N) is 1. The number of nitrogens with one attached hydrogen (secondary N) is 2. The molecule has 1 aromatic carbocycles. The lowest BCUT2D eigenvalue weighted by atomic mass is 9.99. The van der Waals surface area contributed by atoms with Crippen LogP contribution in [0.15, 0.2) is 77.5 Å². The standard InChI is InChI=1S/C24H23N3O3S/c1-3-29-18-11-9-17(10-12-18)22(26-21-8-4-5-13-25-21)19-15-16(2)31-24(19)27-23(28)20-7-6-14-30-20/h4-15,22H,3H2,1-2H3,(H,25,26)(H,27,28). The topological polar surface area (TPSA) is 76.4 Å². The lowest BCUT2D eigenvalue weighted by molar-refractivity contribution is 0.0997. The summed E-state index contributed by atoms with van der Waals surface area (Å²) in [6, 6.07) is 18.9. The summed E-state index contributed by atoms with van der Waals surface area (Å²) in [5.74, 6) is 1.55. The van der Waals surface area contributed by atoms with E-state index in [0.717, 1.165) is 32.6 Å². The lowest BCUT2D eigenvalue weighted by Crippen LogP contribution is -2.16. The number of aryl methyl sites for hydroxylation is 1. The van der Waals surface area contributed by atoms with Crippen LogP contribution in [-0.2, 0) is 0 Å². The number of hydrogen-bond donors (Lipinski definition) is 2. The van der Waals surface area contributed by atoms with Crippen molar-refractivity contribution in [2.24, 2.45) is 0 Å². The molecule has 1 atom stereocenters. The summed E-state index contributed by atoms with van der Waals surface area (Å²) in [7, 11) is 0. The van der Waals surface area contributed by atoms with Gasteiger partial charge < -0.3 is 19.8 Å². The minimum absolute atomic E-state index is 0.220. The highest BCUT2D eigenvalue weighted by Crippen LogP contribution is 2.38. The monoisotopic (exact) mass is 433 g/mol. The fourth-order valence-electron chi connectivity index (χ4n) is 3.28. The van der Waals surface area contributed by atoms with E-state index in [2.05, 4.69) is 21.7 Å². The number of amides is 1. The molecule has 4 rings (SSSR count). The molecular formula is C24H23N3O3S. The van der Waals surface area contributed by atoms with Gasteiger partial charge in [-0.2, -0.15) is 0 Å². The summed E-state index contributed by atoms with van der Waals surface area (Å²) in [6.45, 7) is 4.59. The van der Waals surface area contributed by atoms with Gasteiger partial charge in [0, 0.05) is 16.6 Å². The van der Waals surface area contributed by atoms with E-state index in [1.807, 2.05) is 56.3 Å². The first kappa shape index (κ1) is 20.7. The van der Waals surface area contributed by atoms with Crippen LogP contribution in [0.2, 0.25) is 0 Å². The molecule has 158 valence electrons. The van der Waals surface area contributed by atoms with Gasteiger partial charge in [-0.1, -0.05) is 18.2 Å². The Bertz CT molecular complexity index is 1120. The van der Waals surface area contributed by atoms with Crippen molar-refractivity contribution in [1.82, 2.24) is 4.98 Å². The number of ether oxygens (including phenoxy) is 1. The Balaban J connectivity index is 1.70. The van der Waals surface area contributed by atoms with Crippen LogP contribution in [0.5, 0.6) is 5.75 Å². The molecule has 0 aliphatic carbocycles. The number of hydrogen-bond acceptors (Lipinski definition) is 6. The number of carbonyl (C=O) groups is 1. The third-order valence-corrected chi connectivity index (χ3v) is 5.63. The largest absolute Gasteiger partial charge is 0.494 e. The number of carbonyl (C=O) groups excluding carboxylic acids is 1. The van der Waals surface area contributed by atoms with Gasteiger partial charge in [-0.05, 0) is 61.9 Å². The van der Waals surface area contributed by atoms with Gasteiger partial charge in [0.2, 0.25) is 0 Å². The van der Waals surface area contributed by atoms with E-state index in [1.165, 1.54) is 17.6 Å². The lowest BCUT2D eigenvalue weighted by Gasteiger charge is -2.21. The number of benzene rings is 1. The third-order valence-electron chi connectivity index (χ3n) is 4.65. The normalized spacial score (nSPS) is 11.7. The van der Waals surface area contributed by atoms with Crippen LogP contribution in [-0.4, -0.2) is 17.5 Å². The SMILES string of the molecule is CCOc1ccc(C(Nc2ccccn2)c2cc(C)sc2NC(=O)c2ccco2)cc1. The zero-order valence-electron chi connectivity index (χ0n) is 17.3. The van der Waals surface area contributed by atoms with Crippen molar-refractivity contribution in [3.8, 4) is 5.75 Å². The van der Waals surface area contributed by atoms with Crippen molar-refractivity contribution in [1.29, 1.82) is 0 Å². The molecule has 0 bridgehead atoms. The molecule has 1 amide bonds. The predicted octanol–water partition coefficient (Wildman–Crippen LogP) is 5.90. The van der Waals surface area contributed by atoms with E-state index >= 15 is 0 Å². The van der Waals surface area contributed by atoms with Crippen molar-refractivity contribution in [2.45, 2.75) is 19.9 Å². The van der Waals surface area contributed by atoms with Gasteiger partial charge in [-0.3, -0.25) is 4.79 Å². The number of thiophene rings is 1. The van der Waals surface area contributed by atoms with Gasteiger partial charge in [-0.15, -0.1) is 11.3 Å². The van der Waals surface area contributed by atoms with Gasteiger partial charge >= 0.3 is 0 Å². The zero-order valence-corrected chi connectivity index (χ0v) is 18.1. The second kappa shape index (κ2) is 9.49. The summed E-state index contributed by atoms with van der Waals surface area (Å²) in [5, 5.41) is 7.27. The van der Waals surface area contributed by atoms with Gasteiger partial charge in [-0.25, -0.2) is 4.98 Å². The Labute approximate surface area is 184 Å². The minimum Gasteiger partial charge on any atom is -0.494 e. The molecule has 0 radical (unpaired) electrons. The Morgan fingerprint density at radius 2 is 2.00 bits per heavy atom. The van der Waals surface area contributed by atoms with E-state index in [-0.39, 0.29) is 17.7 Å². The second-order valence-corrected chi connectivity index (χ2v) is 8.12. The minimum atomic E-state index is -0.281. The number of rotatable bonds is 8. The molecule has 1 unspecified atom stereocenters. The van der Waals surface area contributed by atoms with Gasteiger partial charge in [0.15, 0.2) is 5.76 Å². The van der Waals surface area contributed by atoms with Crippen LogP contribution in [0.25, 0.3) is 0 Å². The van der Waals surface area contributed by atoms with Crippen molar-refractivity contribution in [3.05, 3.63) is 94.9 Å². The molecule has 3 aromatic heterocycles. The maximum absolute atomic E-state index is 12.6. The molecule has 0 fully saturated rings. The molecule has 6 nitrogen and oxygen atoms in total. The molecule has 0 aliphatic heterocycles. The summed E-state index contributed by atoms with van der Waals surface area (Å²) in [6.07, 6.45) is 3.23. The van der Waals surface area contributed by atoms with Crippen molar-refractivity contribution in [2.75, 3.05) is 17.2 Å². The van der Waals surface area contributed by atoms with Crippen LogP contribution >= 0.6 is 11.3 Å². The van der Waals surface area contributed by atoms with E-state index in [4.69, 9.17) is 9.15 Å². The summed E-state index contributed by atoms with van der Waals surface area (Å²) in [4.78, 5) is 18.1.